The fourth-order valence-corrected chi connectivity index (χ4v) is 3.13. The Kier molecular flexibility index (Phi) is 4.54. The number of amides is 1. The van der Waals surface area contributed by atoms with Crippen molar-refractivity contribution in [1.29, 1.82) is 0 Å². The van der Waals surface area contributed by atoms with Gasteiger partial charge in [0, 0.05) is 11.1 Å². The Morgan fingerprint density at radius 3 is 2.34 bits per heavy atom. The average molecular weight is 412 g/mol. The van der Waals surface area contributed by atoms with E-state index in [0.29, 0.717) is 6.42 Å². The molecule has 0 saturated heterocycles. The summed E-state index contributed by atoms with van der Waals surface area (Å²) in [7, 11) is -2.87. The molecule has 0 spiro atoms. The van der Waals surface area contributed by atoms with Gasteiger partial charge in [0.15, 0.2) is 23.3 Å². The van der Waals surface area contributed by atoms with Crippen molar-refractivity contribution in [3.63, 3.8) is 0 Å². The van der Waals surface area contributed by atoms with Crippen LogP contribution in [-0.2, 0) is 9.59 Å². The zero-order valence-corrected chi connectivity index (χ0v) is 14.6. The average Bonchev–Trinajstić information content (AvgIpc) is 3.19. The van der Waals surface area contributed by atoms with Gasteiger partial charge in [-0.3, -0.25) is 4.79 Å². The normalized spacial score (nSPS) is 15.5. The van der Waals surface area contributed by atoms with Crippen LogP contribution in [0, 0.1) is 23.3 Å². The van der Waals surface area contributed by atoms with Crippen LogP contribution in [0.5, 0.6) is 5.75 Å². The van der Waals surface area contributed by atoms with E-state index in [2.05, 4.69) is 4.74 Å². The highest BCUT2D eigenvalue weighted by Gasteiger charge is 2.30. The first-order valence-corrected chi connectivity index (χ1v) is 8.32. The number of rotatable bonds is 5. The lowest BCUT2D eigenvalue weighted by molar-refractivity contribution is -0.133. The number of nitrogens with one attached hydrogen (secondary N) is 1. The van der Waals surface area contributed by atoms with Crippen LogP contribution in [0.4, 0.5) is 23.2 Å². The summed E-state index contributed by atoms with van der Waals surface area (Å²) in [6.45, 7) is 0. The second kappa shape index (κ2) is 7.94. The van der Waals surface area contributed by atoms with Crippen LogP contribution in [0.25, 0.3) is 11.1 Å². The quantitative estimate of drug-likeness (QED) is 0.563. The first-order valence-electron chi connectivity index (χ1n) is 9.82. The molecule has 1 amide bonds. The molecule has 2 N–H and O–H groups in total. The second-order valence-corrected chi connectivity index (χ2v) is 6.21. The molecule has 0 bridgehead atoms. The highest BCUT2D eigenvalue weighted by Crippen LogP contribution is 2.36. The van der Waals surface area contributed by atoms with Crippen LogP contribution >= 0.6 is 0 Å². The van der Waals surface area contributed by atoms with E-state index in [9.17, 15) is 27.2 Å². The Morgan fingerprint density at radius 1 is 1.07 bits per heavy atom. The molecule has 0 atom stereocenters. The summed E-state index contributed by atoms with van der Waals surface area (Å²) in [4.78, 5) is 23.5. The van der Waals surface area contributed by atoms with Crippen molar-refractivity contribution in [2.45, 2.75) is 19.3 Å². The van der Waals surface area contributed by atoms with Crippen LogP contribution in [0.15, 0.2) is 35.4 Å². The zero-order valence-electron chi connectivity index (χ0n) is 17.6. The summed E-state index contributed by atoms with van der Waals surface area (Å²) in [5, 5.41) is 10.8. The molecular weight excluding hydrogens is 394 g/mol. The van der Waals surface area contributed by atoms with Gasteiger partial charge in [-0.2, -0.15) is 0 Å². The SMILES string of the molecule is [2H]C([2H])([2H])Oc1cccc(-c2c(F)c(F)c(NC(=O)C3=C(C(=O)O)CCC3)c(F)c2F)c1. The first kappa shape index (κ1) is 16.6. The first-order chi connectivity index (χ1) is 14.9. The van der Waals surface area contributed by atoms with Crippen molar-refractivity contribution in [3.8, 4) is 16.9 Å². The van der Waals surface area contributed by atoms with Crippen molar-refractivity contribution < 1.29 is 41.1 Å². The van der Waals surface area contributed by atoms with Gasteiger partial charge in [-0.15, -0.1) is 0 Å². The van der Waals surface area contributed by atoms with E-state index in [-0.39, 0.29) is 29.7 Å². The summed E-state index contributed by atoms with van der Waals surface area (Å²) in [6.07, 6.45) is 0.418. The van der Waals surface area contributed by atoms with E-state index in [1.54, 1.807) is 5.32 Å². The van der Waals surface area contributed by atoms with Crippen LogP contribution in [-0.4, -0.2) is 24.0 Å². The van der Waals surface area contributed by atoms with Crippen LogP contribution in [0.1, 0.15) is 23.4 Å². The number of carbonyl (C=O) groups is 2. The number of aliphatic carboxylic acids is 1. The molecule has 0 aliphatic heterocycles. The summed E-state index contributed by atoms with van der Waals surface area (Å²) in [6, 6.07) is 4.30. The summed E-state index contributed by atoms with van der Waals surface area (Å²) in [5.41, 5.74) is -3.44. The molecule has 1 aliphatic rings. The third-order valence-corrected chi connectivity index (χ3v) is 4.49. The predicted octanol–water partition coefficient (Wildman–Crippen LogP) is 4.42. The van der Waals surface area contributed by atoms with Gasteiger partial charge in [0.2, 0.25) is 0 Å². The number of carboxylic acid groups (broad SMARTS) is 1. The number of methoxy groups -OCH3 is 1. The number of benzene rings is 2. The largest absolute Gasteiger partial charge is 0.497 e. The summed E-state index contributed by atoms with van der Waals surface area (Å²) in [5.74, 6) is -10.4. The van der Waals surface area contributed by atoms with Gasteiger partial charge in [-0.1, -0.05) is 12.1 Å². The Morgan fingerprint density at radius 2 is 1.72 bits per heavy atom. The third kappa shape index (κ3) is 3.67. The standard InChI is InChI=1S/C20H15F4NO4/c1-29-10-5-2-4-9(8-10)13-14(21)16(23)18(17(24)15(13)22)25-19(26)11-6-3-7-12(11)20(27)28/h2,4-5,8H,3,6-7H2,1H3,(H,25,26)(H,27,28)/i1D3. The second-order valence-electron chi connectivity index (χ2n) is 6.21. The minimum atomic E-state index is -2.87. The molecule has 2 aromatic rings. The molecule has 0 unspecified atom stereocenters. The molecule has 152 valence electrons. The molecule has 0 radical (unpaired) electrons. The number of carboxylic acids is 1. The molecule has 29 heavy (non-hydrogen) atoms. The van der Waals surface area contributed by atoms with Crippen LogP contribution < -0.4 is 10.1 Å². The van der Waals surface area contributed by atoms with Gasteiger partial charge >= 0.3 is 5.97 Å². The number of hydrogen-bond acceptors (Lipinski definition) is 3. The Hall–Kier alpha value is -3.36. The molecule has 0 fully saturated rings. The number of anilines is 1. The molecule has 5 nitrogen and oxygen atoms in total. The maximum absolute atomic E-state index is 14.7. The number of hydrogen-bond donors (Lipinski definition) is 2. The third-order valence-electron chi connectivity index (χ3n) is 4.49. The Balaban J connectivity index is 2.03. The maximum Gasteiger partial charge on any atom is 0.332 e. The molecule has 2 aromatic carbocycles. The molecule has 0 heterocycles. The van der Waals surface area contributed by atoms with Crippen LogP contribution in [0.3, 0.4) is 0 Å². The Bertz CT molecular complexity index is 1120. The lowest BCUT2D eigenvalue weighted by Gasteiger charge is -2.14. The molecule has 0 aromatic heterocycles. The van der Waals surface area contributed by atoms with Crippen molar-refractivity contribution in [2.24, 2.45) is 0 Å². The molecular formula is C20H15F4NO4. The Labute approximate surface area is 166 Å². The molecule has 1 aliphatic carbocycles. The van der Waals surface area contributed by atoms with Gasteiger partial charge in [0.25, 0.3) is 5.91 Å². The van der Waals surface area contributed by atoms with Gasteiger partial charge in [0.1, 0.15) is 11.4 Å². The smallest absolute Gasteiger partial charge is 0.332 e. The van der Waals surface area contributed by atoms with Crippen molar-refractivity contribution in [2.75, 3.05) is 12.4 Å². The number of carbonyl (C=O) groups excluding carboxylic acids is 1. The highest BCUT2D eigenvalue weighted by molar-refractivity contribution is 6.09. The highest BCUT2D eigenvalue weighted by atomic mass is 19.2. The van der Waals surface area contributed by atoms with Gasteiger partial charge in [-0.05, 0) is 37.0 Å². The lowest BCUT2D eigenvalue weighted by Crippen LogP contribution is -2.19. The van der Waals surface area contributed by atoms with Crippen molar-refractivity contribution in [3.05, 3.63) is 58.7 Å². The van der Waals surface area contributed by atoms with Crippen molar-refractivity contribution >= 4 is 17.6 Å². The predicted molar refractivity (Wildman–Crippen MR) is 95.4 cm³/mol. The number of ether oxygens (including phenoxy) is 1. The summed E-state index contributed by atoms with van der Waals surface area (Å²) >= 11 is 0. The minimum Gasteiger partial charge on any atom is -0.497 e. The lowest BCUT2D eigenvalue weighted by atomic mass is 10.0. The van der Waals surface area contributed by atoms with Gasteiger partial charge in [0.05, 0.1) is 16.7 Å². The topological polar surface area (TPSA) is 75.6 Å². The van der Waals surface area contributed by atoms with E-state index in [4.69, 9.17) is 9.22 Å². The van der Waals surface area contributed by atoms with E-state index < -0.39 is 59.0 Å². The van der Waals surface area contributed by atoms with E-state index in [1.165, 1.54) is 12.1 Å². The van der Waals surface area contributed by atoms with E-state index in [0.717, 1.165) is 12.1 Å². The maximum atomic E-state index is 14.7. The fraction of sp³-hybridized carbons (Fsp3) is 0.200. The zero-order chi connectivity index (χ0) is 23.8. The fourth-order valence-electron chi connectivity index (χ4n) is 3.13. The van der Waals surface area contributed by atoms with E-state index in [1.807, 2.05) is 0 Å². The van der Waals surface area contributed by atoms with Crippen molar-refractivity contribution in [1.82, 2.24) is 0 Å². The monoisotopic (exact) mass is 412 g/mol. The van der Waals surface area contributed by atoms with Gasteiger partial charge in [-0.25, -0.2) is 22.4 Å². The molecule has 0 saturated carbocycles. The van der Waals surface area contributed by atoms with E-state index >= 15 is 0 Å². The van der Waals surface area contributed by atoms with Gasteiger partial charge < -0.3 is 15.2 Å². The summed E-state index contributed by atoms with van der Waals surface area (Å²) < 4.78 is 84.4. The molecule has 3 rings (SSSR count). The minimum absolute atomic E-state index is 0.0238. The van der Waals surface area contributed by atoms with Crippen LogP contribution in [0.2, 0.25) is 0 Å². The number of halogens is 4. The molecule has 9 heteroatoms.